The Morgan fingerprint density at radius 1 is 1.12 bits per heavy atom. The van der Waals surface area contributed by atoms with Crippen LogP contribution < -0.4 is 9.96 Å². The molecule has 2 aromatic carbocycles. The normalized spacial score (nSPS) is 18.9. The van der Waals surface area contributed by atoms with Crippen molar-refractivity contribution < 1.29 is 9.59 Å². The molecule has 1 aliphatic heterocycles. The fraction of sp³-hybridized carbons (Fsp3) is 0.333. The topological polar surface area (TPSA) is 69.2 Å². The maximum atomic E-state index is 12.8. The van der Waals surface area contributed by atoms with Crippen molar-refractivity contribution in [3.63, 3.8) is 0 Å². The lowest BCUT2D eigenvalue weighted by atomic mass is 9.90. The molecule has 0 spiro atoms. The van der Waals surface area contributed by atoms with E-state index >= 15 is 0 Å². The largest absolute Gasteiger partial charge is 0.619 e. The van der Waals surface area contributed by atoms with Crippen molar-refractivity contribution in [3.8, 4) is 0 Å². The molecule has 1 heterocycles. The predicted molar refractivity (Wildman–Crippen MR) is 104 cm³/mol. The van der Waals surface area contributed by atoms with Crippen LogP contribution in [0.15, 0.2) is 42.5 Å². The summed E-state index contributed by atoms with van der Waals surface area (Å²) < 4.78 is -0.924. The average molecular weight is 352 g/mol. The highest BCUT2D eigenvalue weighted by atomic mass is 16.6. The number of rotatable bonds is 4. The number of carbonyl (C=O) groups excluding carboxylic acids is 2. The zero-order chi connectivity index (χ0) is 19.1. The number of hydroxylamine groups is 2. The summed E-state index contributed by atoms with van der Waals surface area (Å²) in [4.78, 5) is 24.8. The van der Waals surface area contributed by atoms with Gasteiger partial charge in [0.2, 0.25) is 0 Å². The molecule has 0 bridgehead atoms. The molecule has 5 heteroatoms. The molecule has 2 aromatic rings. The second-order valence-electron chi connectivity index (χ2n) is 8.13. The zero-order valence-electron chi connectivity index (χ0n) is 15.6. The van der Waals surface area contributed by atoms with Gasteiger partial charge < -0.3 is 10.5 Å². The number of hydrogen-bond donors (Lipinski definition) is 1. The van der Waals surface area contributed by atoms with E-state index in [0.717, 1.165) is 5.56 Å². The molecule has 0 radical (unpaired) electrons. The SMILES string of the molecule is Cc1ccc(NC(=O)c2ccc3c(c2)C(=O)[N+]3([O-])CCC(C)(C)C)cc1. The highest BCUT2D eigenvalue weighted by molar-refractivity contribution is 6.17. The Bertz CT molecular complexity index is 866. The maximum Gasteiger partial charge on any atom is 0.357 e. The Labute approximate surface area is 153 Å². The Hall–Kier alpha value is -2.50. The van der Waals surface area contributed by atoms with Gasteiger partial charge in [-0.05, 0) is 36.6 Å². The third kappa shape index (κ3) is 3.41. The highest BCUT2D eigenvalue weighted by Crippen LogP contribution is 2.41. The highest BCUT2D eigenvalue weighted by Gasteiger charge is 2.47. The van der Waals surface area contributed by atoms with Crippen LogP contribution in [-0.4, -0.2) is 18.4 Å². The molecule has 0 fully saturated rings. The van der Waals surface area contributed by atoms with Gasteiger partial charge in [0.1, 0.15) is 5.56 Å². The lowest BCUT2D eigenvalue weighted by Gasteiger charge is -2.47. The first-order chi connectivity index (χ1) is 12.1. The van der Waals surface area contributed by atoms with E-state index in [1.54, 1.807) is 12.1 Å². The summed E-state index contributed by atoms with van der Waals surface area (Å²) >= 11 is 0. The Morgan fingerprint density at radius 3 is 2.38 bits per heavy atom. The number of anilines is 1. The molecule has 3 rings (SSSR count). The van der Waals surface area contributed by atoms with Gasteiger partial charge in [0.05, 0.1) is 6.54 Å². The van der Waals surface area contributed by atoms with Crippen LogP contribution >= 0.6 is 0 Å². The smallest absolute Gasteiger partial charge is 0.357 e. The lowest BCUT2D eigenvalue weighted by Crippen LogP contribution is -2.58. The van der Waals surface area contributed by atoms with Crippen LogP contribution in [0.2, 0.25) is 0 Å². The van der Waals surface area contributed by atoms with Crippen molar-refractivity contribution >= 4 is 23.2 Å². The summed E-state index contributed by atoms with van der Waals surface area (Å²) in [7, 11) is 0. The molecule has 2 amide bonds. The van der Waals surface area contributed by atoms with Crippen molar-refractivity contribution in [3.05, 3.63) is 64.4 Å². The first kappa shape index (κ1) is 18.3. The third-order valence-corrected chi connectivity index (χ3v) is 4.69. The monoisotopic (exact) mass is 352 g/mol. The van der Waals surface area contributed by atoms with Gasteiger partial charge in [-0.15, -0.1) is 0 Å². The fourth-order valence-electron chi connectivity index (χ4n) is 2.97. The van der Waals surface area contributed by atoms with Crippen molar-refractivity contribution in [2.24, 2.45) is 5.41 Å². The average Bonchev–Trinajstić information content (AvgIpc) is 2.60. The van der Waals surface area contributed by atoms with Gasteiger partial charge in [0.25, 0.3) is 5.91 Å². The molecule has 1 unspecified atom stereocenters. The van der Waals surface area contributed by atoms with Gasteiger partial charge in [0.15, 0.2) is 5.69 Å². The minimum absolute atomic E-state index is 0.0143. The van der Waals surface area contributed by atoms with Crippen LogP contribution in [0, 0.1) is 17.5 Å². The van der Waals surface area contributed by atoms with E-state index in [1.165, 1.54) is 6.07 Å². The Morgan fingerprint density at radius 2 is 1.77 bits per heavy atom. The van der Waals surface area contributed by atoms with Crippen LogP contribution in [0.25, 0.3) is 0 Å². The summed E-state index contributed by atoms with van der Waals surface area (Å²) in [6.45, 7) is 8.33. The number of benzene rings is 2. The second-order valence-corrected chi connectivity index (χ2v) is 8.13. The molecule has 136 valence electrons. The summed E-state index contributed by atoms with van der Waals surface area (Å²) in [6, 6.07) is 12.2. The molecule has 1 atom stereocenters. The fourth-order valence-corrected chi connectivity index (χ4v) is 2.97. The van der Waals surface area contributed by atoms with Crippen LogP contribution in [0.1, 0.15) is 53.5 Å². The van der Waals surface area contributed by atoms with E-state index in [9.17, 15) is 14.8 Å². The van der Waals surface area contributed by atoms with Gasteiger partial charge >= 0.3 is 5.91 Å². The summed E-state index contributed by atoms with van der Waals surface area (Å²) in [5.74, 6) is -0.760. The van der Waals surface area contributed by atoms with E-state index in [-0.39, 0.29) is 17.9 Å². The van der Waals surface area contributed by atoms with E-state index in [0.29, 0.717) is 28.9 Å². The number of carbonyl (C=O) groups is 2. The van der Waals surface area contributed by atoms with E-state index < -0.39 is 10.6 Å². The van der Waals surface area contributed by atoms with Crippen molar-refractivity contribution in [2.75, 3.05) is 11.9 Å². The van der Waals surface area contributed by atoms with E-state index in [4.69, 9.17) is 0 Å². The maximum absolute atomic E-state index is 12.8. The number of quaternary nitrogens is 1. The Kier molecular flexibility index (Phi) is 4.46. The Balaban J connectivity index is 1.77. The molecular formula is C21H24N2O3. The minimum Gasteiger partial charge on any atom is -0.619 e. The van der Waals surface area contributed by atoms with Crippen molar-refractivity contribution in [1.29, 1.82) is 0 Å². The number of fused-ring (bicyclic) bond motifs is 1. The van der Waals surface area contributed by atoms with Crippen LogP contribution in [0.5, 0.6) is 0 Å². The van der Waals surface area contributed by atoms with Crippen molar-refractivity contribution in [2.45, 2.75) is 34.1 Å². The number of nitrogens with one attached hydrogen (secondary N) is 1. The number of nitrogens with zero attached hydrogens (tertiary/aromatic N) is 1. The number of amides is 2. The minimum atomic E-state index is -0.924. The molecule has 0 aliphatic carbocycles. The summed E-state index contributed by atoms with van der Waals surface area (Å²) in [5, 5.41) is 15.7. The van der Waals surface area contributed by atoms with Crippen LogP contribution in [-0.2, 0) is 0 Å². The summed E-state index contributed by atoms with van der Waals surface area (Å²) in [6.07, 6.45) is 0.650. The third-order valence-electron chi connectivity index (χ3n) is 4.69. The van der Waals surface area contributed by atoms with Gasteiger partial charge in [-0.1, -0.05) is 38.5 Å². The van der Waals surface area contributed by atoms with E-state index in [2.05, 4.69) is 5.32 Å². The second kappa shape index (κ2) is 6.34. The molecule has 0 saturated carbocycles. The molecule has 0 aromatic heterocycles. The first-order valence-corrected chi connectivity index (χ1v) is 8.77. The van der Waals surface area contributed by atoms with Crippen LogP contribution in [0.4, 0.5) is 11.4 Å². The lowest BCUT2D eigenvalue weighted by molar-refractivity contribution is 0.0761. The summed E-state index contributed by atoms with van der Waals surface area (Å²) in [5.41, 5.74) is 2.96. The van der Waals surface area contributed by atoms with Crippen molar-refractivity contribution in [1.82, 2.24) is 4.65 Å². The quantitative estimate of drug-likeness (QED) is 0.643. The molecule has 26 heavy (non-hydrogen) atoms. The molecule has 0 saturated heterocycles. The van der Waals surface area contributed by atoms with Gasteiger partial charge in [-0.3, -0.25) is 9.44 Å². The molecule has 5 nitrogen and oxygen atoms in total. The van der Waals surface area contributed by atoms with Gasteiger partial charge in [-0.25, -0.2) is 4.79 Å². The van der Waals surface area contributed by atoms with Gasteiger partial charge in [0, 0.05) is 23.7 Å². The number of hydrogen-bond acceptors (Lipinski definition) is 3. The molecule has 1 N–H and O–H groups in total. The zero-order valence-corrected chi connectivity index (χ0v) is 15.6. The predicted octanol–water partition coefficient (Wildman–Crippen LogP) is 4.64. The molecular weight excluding hydrogens is 328 g/mol. The van der Waals surface area contributed by atoms with Gasteiger partial charge in [-0.2, -0.15) is 0 Å². The molecule has 1 aliphatic rings. The van der Waals surface area contributed by atoms with E-state index in [1.807, 2.05) is 52.0 Å². The first-order valence-electron chi connectivity index (χ1n) is 8.77. The van der Waals surface area contributed by atoms with Crippen LogP contribution in [0.3, 0.4) is 0 Å². The number of aryl methyl sites for hydroxylation is 1. The standard InChI is InChI=1S/C21H24N2O3/c1-14-5-8-16(9-6-14)22-19(24)15-7-10-18-17(13-15)20(25)23(18,26)12-11-21(2,3)4/h5-10,13H,11-12H2,1-4H3,(H,22,24).